The van der Waals surface area contributed by atoms with E-state index in [2.05, 4.69) is 10.0 Å². The smallest absolute Gasteiger partial charge is 0.241 e. The van der Waals surface area contributed by atoms with Gasteiger partial charge in [-0.25, -0.2) is 13.1 Å². The Hall–Kier alpha value is -2.91. The fourth-order valence-corrected chi connectivity index (χ4v) is 4.53. The lowest BCUT2D eigenvalue weighted by Gasteiger charge is -2.29. The minimum Gasteiger partial charge on any atom is -0.384 e. The Morgan fingerprint density at radius 2 is 1.87 bits per heavy atom. The molecule has 5 N–H and O–H groups in total. The predicted octanol–water partition coefficient (Wildman–Crippen LogP) is 1.53. The van der Waals surface area contributed by atoms with E-state index in [0.29, 0.717) is 25.1 Å². The minimum absolute atomic E-state index is 0.0157. The van der Waals surface area contributed by atoms with Crippen molar-refractivity contribution in [2.24, 2.45) is 5.73 Å². The van der Waals surface area contributed by atoms with Crippen molar-refractivity contribution in [1.29, 1.82) is 5.41 Å². The summed E-state index contributed by atoms with van der Waals surface area (Å²) < 4.78 is 26.3. The second-order valence-electron chi connectivity index (χ2n) is 7.83. The van der Waals surface area contributed by atoms with Gasteiger partial charge in [-0.1, -0.05) is 30.3 Å². The molecule has 0 bridgehead atoms. The standard InChI is InChI=1S/C22H29N5O3S/c1-31(29,30)26-20(14-16-6-3-2-4-7-16)22(28)27-13-5-8-19(27)15-25-18-11-9-17(10-12-18)21(23)24/h2-4,6-7,9-12,19-20,25-26H,5,8,13-15H2,1H3,(H3,23,24)/t19-,20+/m1/s1. The molecule has 0 radical (unpaired) electrons. The molecule has 2 aromatic carbocycles. The largest absolute Gasteiger partial charge is 0.384 e. The first-order valence-corrected chi connectivity index (χ1v) is 12.1. The monoisotopic (exact) mass is 443 g/mol. The van der Waals surface area contributed by atoms with Crippen molar-refractivity contribution in [3.8, 4) is 0 Å². The number of nitrogen functional groups attached to an aromatic ring is 1. The molecule has 1 amide bonds. The lowest BCUT2D eigenvalue weighted by molar-refractivity contribution is -0.133. The maximum Gasteiger partial charge on any atom is 0.241 e. The van der Waals surface area contributed by atoms with E-state index in [1.807, 2.05) is 42.5 Å². The average molecular weight is 444 g/mol. The Labute approximate surface area is 183 Å². The number of sulfonamides is 1. The van der Waals surface area contributed by atoms with Crippen LogP contribution in [0.4, 0.5) is 5.69 Å². The molecule has 1 aliphatic rings. The van der Waals surface area contributed by atoms with E-state index >= 15 is 0 Å². The van der Waals surface area contributed by atoms with Crippen molar-refractivity contribution in [2.75, 3.05) is 24.7 Å². The van der Waals surface area contributed by atoms with Crippen molar-refractivity contribution in [2.45, 2.75) is 31.3 Å². The fourth-order valence-electron chi connectivity index (χ4n) is 3.83. The van der Waals surface area contributed by atoms with Crippen molar-refractivity contribution >= 4 is 27.5 Å². The van der Waals surface area contributed by atoms with Crippen molar-refractivity contribution in [3.63, 3.8) is 0 Å². The molecule has 1 fully saturated rings. The van der Waals surface area contributed by atoms with Crippen LogP contribution in [0.3, 0.4) is 0 Å². The summed E-state index contributed by atoms with van der Waals surface area (Å²) in [4.78, 5) is 15.1. The van der Waals surface area contributed by atoms with Gasteiger partial charge in [-0.05, 0) is 49.1 Å². The maximum absolute atomic E-state index is 13.3. The third kappa shape index (κ3) is 6.53. The number of nitrogens with one attached hydrogen (secondary N) is 3. The number of carbonyl (C=O) groups excluding carboxylic acids is 1. The van der Waals surface area contributed by atoms with Gasteiger partial charge < -0.3 is 16.0 Å². The zero-order valence-corrected chi connectivity index (χ0v) is 18.4. The number of anilines is 1. The molecule has 0 aromatic heterocycles. The normalized spacial score (nSPS) is 17.3. The van der Waals surface area contributed by atoms with E-state index in [4.69, 9.17) is 11.1 Å². The Balaban J connectivity index is 1.68. The maximum atomic E-state index is 13.3. The molecule has 0 spiro atoms. The molecule has 31 heavy (non-hydrogen) atoms. The molecule has 1 heterocycles. The summed E-state index contributed by atoms with van der Waals surface area (Å²) in [5.41, 5.74) is 7.91. The van der Waals surface area contributed by atoms with Crippen LogP contribution in [0.2, 0.25) is 0 Å². The number of rotatable bonds is 9. The van der Waals surface area contributed by atoms with E-state index in [1.54, 1.807) is 17.0 Å². The van der Waals surface area contributed by atoms with E-state index in [1.165, 1.54) is 0 Å². The van der Waals surface area contributed by atoms with Crippen LogP contribution in [0.5, 0.6) is 0 Å². The van der Waals surface area contributed by atoms with Crippen molar-refractivity contribution in [1.82, 2.24) is 9.62 Å². The molecule has 0 unspecified atom stereocenters. The summed E-state index contributed by atoms with van der Waals surface area (Å²) in [5.74, 6) is -0.188. The fraction of sp³-hybridized carbons (Fsp3) is 0.364. The summed E-state index contributed by atoms with van der Waals surface area (Å²) in [6, 6.07) is 15.8. The second-order valence-corrected chi connectivity index (χ2v) is 9.61. The van der Waals surface area contributed by atoms with E-state index in [0.717, 1.165) is 30.3 Å². The topological polar surface area (TPSA) is 128 Å². The highest BCUT2D eigenvalue weighted by molar-refractivity contribution is 7.88. The summed E-state index contributed by atoms with van der Waals surface area (Å²) in [7, 11) is -3.54. The summed E-state index contributed by atoms with van der Waals surface area (Å²) in [6.07, 6.45) is 3.10. The first kappa shape index (κ1) is 22.8. The number of likely N-dealkylation sites (tertiary alicyclic amines) is 1. The number of amides is 1. The van der Waals surface area contributed by atoms with E-state index in [9.17, 15) is 13.2 Å². The Morgan fingerprint density at radius 1 is 1.19 bits per heavy atom. The molecule has 3 rings (SSSR count). The third-order valence-electron chi connectivity index (χ3n) is 5.34. The van der Waals surface area contributed by atoms with Gasteiger partial charge in [-0.3, -0.25) is 10.2 Å². The lowest BCUT2D eigenvalue weighted by atomic mass is 10.1. The van der Waals surface area contributed by atoms with E-state index in [-0.39, 0.29) is 17.8 Å². The van der Waals surface area contributed by atoms with Crippen molar-refractivity contribution in [3.05, 3.63) is 65.7 Å². The molecule has 8 nitrogen and oxygen atoms in total. The summed E-state index contributed by atoms with van der Waals surface area (Å²) >= 11 is 0. The van der Waals surface area contributed by atoms with Gasteiger partial charge >= 0.3 is 0 Å². The quantitative estimate of drug-likeness (QED) is 0.345. The molecule has 166 valence electrons. The molecule has 2 atom stereocenters. The molecule has 0 aliphatic carbocycles. The Morgan fingerprint density at radius 3 is 2.48 bits per heavy atom. The molecule has 2 aromatic rings. The van der Waals surface area contributed by atoms with Crippen LogP contribution in [0.1, 0.15) is 24.0 Å². The van der Waals surface area contributed by atoms with Crippen LogP contribution in [-0.2, 0) is 21.2 Å². The first-order chi connectivity index (χ1) is 14.7. The highest BCUT2D eigenvalue weighted by Gasteiger charge is 2.34. The van der Waals surface area contributed by atoms with Gasteiger partial charge in [0.05, 0.1) is 6.26 Å². The van der Waals surface area contributed by atoms with Crippen LogP contribution < -0.4 is 15.8 Å². The van der Waals surface area contributed by atoms with Gasteiger partial charge in [0.25, 0.3) is 0 Å². The zero-order valence-electron chi connectivity index (χ0n) is 17.5. The summed E-state index contributed by atoms with van der Waals surface area (Å²) in [6.45, 7) is 1.16. The molecule has 1 aliphatic heterocycles. The van der Waals surface area contributed by atoms with Gasteiger partial charge in [-0.15, -0.1) is 0 Å². The molecular weight excluding hydrogens is 414 g/mol. The van der Waals surface area contributed by atoms with Gasteiger partial charge in [0, 0.05) is 30.4 Å². The number of carbonyl (C=O) groups is 1. The van der Waals surface area contributed by atoms with Crippen LogP contribution in [0.25, 0.3) is 0 Å². The molecule has 1 saturated heterocycles. The van der Waals surface area contributed by atoms with Crippen LogP contribution in [0, 0.1) is 5.41 Å². The number of nitrogens with two attached hydrogens (primary N) is 1. The van der Waals surface area contributed by atoms with Gasteiger partial charge in [0.2, 0.25) is 15.9 Å². The SMILES string of the molecule is CS(=O)(=O)N[C@@H](Cc1ccccc1)C(=O)N1CCC[C@@H]1CNc1ccc(C(=N)N)cc1. The third-order valence-corrected chi connectivity index (χ3v) is 6.05. The molecule has 9 heteroatoms. The summed E-state index contributed by atoms with van der Waals surface area (Å²) in [5, 5.41) is 10.8. The number of hydrogen-bond acceptors (Lipinski definition) is 5. The predicted molar refractivity (Wildman–Crippen MR) is 123 cm³/mol. The van der Waals surface area contributed by atoms with E-state index < -0.39 is 16.1 Å². The van der Waals surface area contributed by atoms with Gasteiger partial charge in [0.1, 0.15) is 11.9 Å². The number of nitrogens with zero attached hydrogens (tertiary/aromatic N) is 1. The number of hydrogen-bond donors (Lipinski definition) is 4. The minimum atomic E-state index is -3.54. The molecular formula is C22H29N5O3S. The second kappa shape index (κ2) is 9.93. The number of benzene rings is 2. The van der Waals surface area contributed by atoms with Gasteiger partial charge in [0.15, 0.2) is 0 Å². The average Bonchev–Trinajstić information content (AvgIpc) is 3.20. The lowest BCUT2D eigenvalue weighted by Crippen LogP contribution is -2.52. The van der Waals surface area contributed by atoms with Crippen LogP contribution in [0.15, 0.2) is 54.6 Å². The Kier molecular flexibility index (Phi) is 7.29. The van der Waals surface area contributed by atoms with Crippen molar-refractivity contribution < 1.29 is 13.2 Å². The highest BCUT2D eigenvalue weighted by atomic mass is 32.2. The Bertz CT molecular complexity index is 1010. The first-order valence-electron chi connectivity index (χ1n) is 10.2. The molecule has 0 saturated carbocycles. The highest BCUT2D eigenvalue weighted by Crippen LogP contribution is 2.21. The van der Waals surface area contributed by atoms with Crippen LogP contribution >= 0.6 is 0 Å². The van der Waals surface area contributed by atoms with Crippen LogP contribution in [-0.4, -0.2) is 56.5 Å². The zero-order chi connectivity index (χ0) is 22.4. The van der Waals surface area contributed by atoms with Gasteiger partial charge in [-0.2, -0.15) is 0 Å². The number of amidine groups is 1.